The van der Waals surface area contributed by atoms with Gasteiger partial charge in [-0.2, -0.15) is 8.78 Å². The van der Waals surface area contributed by atoms with Crippen LogP contribution in [0.15, 0.2) is 24.3 Å². The lowest BCUT2D eigenvalue weighted by Crippen LogP contribution is -2.28. The van der Waals surface area contributed by atoms with Crippen molar-refractivity contribution >= 4 is 17.0 Å². The second kappa shape index (κ2) is 4.12. The van der Waals surface area contributed by atoms with Crippen LogP contribution >= 0.6 is 0 Å². The lowest BCUT2D eigenvalue weighted by Gasteiger charge is -2.08. The number of hydrogen-bond acceptors (Lipinski definition) is 2. The first-order valence-corrected chi connectivity index (χ1v) is 5.04. The Kier molecular flexibility index (Phi) is 2.79. The normalized spacial score (nSPS) is 11.9. The van der Waals surface area contributed by atoms with Crippen LogP contribution in [0.3, 0.4) is 0 Å². The summed E-state index contributed by atoms with van der Waals surface area (Å²) in [5.41, 5.74) is 1.43. The predicted octanol–water partition coefficient (Wildman–Crippen LogP) is 2.22. The van der Waals surface area contributed by atoms with Crippen LogP contribution in [0.25, 0.3) is 11.0 Å². The van der Waals surface area contributed by atoms with Crippen LogP contribution in [0, 0.1) is 0 Å². The molecule has 2 aromatic rings. The van der Waals surface area contributed by atoms with Crippen LogP contribution in [0.5, 0.6) is 0 Å². The van der Waals surface area contributed by atoms with Gasteiger partial charge in [0.1, 0.15) is 5.82 Å². The zero-order valence-electron chi connectivity index (χ0n) is 8.78. The molecule has 2 rings (SSSR count). The summed E-state index contributed by atoms with van der Waals surface area (Å²) in [5, 5.41) is 8.28. The molecule has 1 aromatic carbocycles. The molecule has 0 saturated heterocycles. The van der Waals surface area contributed by atoms with Gasteiger partial charge in [0.2, 0.25) is 0 Å². The number of carboxylic acid groups (broad SMARTS) is 1. The number of aryl methyl sites for hydroxylation is 1. The Labute approximate surface area is 95.3 Å². The molecular weight excluding hydrogens is 230 g/mol. The number of imidazole rings is 1. The number of halogens is 2. The Morgan fingerprint density at radius 1 is 1.41 bits per heavy atom. The van der Waals surface area contributed by atoms with E-state index in [1.807, 2.05) is 0 Å². The zero-order valence-corrected chi connectivity index (χ0v) is 8.78. The SMILES string of the molecule is O=C(O)C(F)(F)CCc1nc2ccccc2[nH]1. The Morgan fingerprint density at radius 3 is 2.76 bits per heavy atom. The second-order valence-electron chi connectivity index (χ2n) is 3.71. The number of nitrogens with one attached hydrogen (secondary N) is 1. The van der Waals surface area contributed by atoms with Crippen LogP contribution in [-0.4, -0.2) is 27.0 Å². The van der Waals surface area contributed by atoms with Gasteiger partial charge in [0, 0.05) is 12.8 Å². The predicted molar refractivity (Wildman–Crippen MR) is 57.0 cm³/mol. The Bertz CT molecular complexity index is 518. The molecular formula is C11H10F2N2O2. The highest BCUT2D eigenvalue weighted by atomic mass is 19.3. The van der Waals surface area contributed by atoms with E-state index in [4.69, 9.17) is 5.11 Å². The average Bonchev–Trinajstić information content (AvgIpc) is 2.69. The number of hydrogen-bond donors (Lipinski definition) is 2. The van der Waals surface area contributed by atoms with Crippen molar-refractivity contribution in [2.24, 2.45) is 0 Å². The molecule has 0 aliphatic carbocycles. The van der Waals surface area contributed by atoms with Crippen molar-refractivity contribution in [3.63, 3.8) is 0 Å². The van der Waals surface area contributed by atoms with Crippen molar-refractivity contribution < 1.29 is 18.7 Å². The lowest BCUT2D eigenvalue weighted by molar-refractivity contribution is -0.165. The van der Waals surface area contributed by atoms with Gasteiger partial charge in [-0.15, -0.1) is 0 Å². The number of aromatic nitrogens is 2. The van der Waals surface area contributed by atoms with Crippen molar-refractivity contribution in [3.8, 4) is 0 Å². The number of carbonyl (C=O) groups is 1. The van der Waals surface area contributed by atoms with Crippen LogP contribution in [0.2, 0.25) is 0 Å². The van der Waals surface area contributed by atoms with Crippen molar-refractivity contribution in [1.29, 1.82) is 0 Å². The molecule has 17 heavy (non-hydrogen) atoms. The maximum absolute atomic E-state index is 12.8. The summed E-state index contributed by atoms with van der Waals surface area (Å²) in [5.74, 6) is -5.44. The number of para-hydroxylation sites is 2. The van der Waals surface area contributed by atoms with Gasteiger partial charge in [0.15, 0.2) is 0 Å². The largest absolute Gasteiger partial charge is 0.477 e. The molecule has 6 heteroatoms. The second-order valence-corrected chi connectivity index (χ2v) is 3.71. The van der Waals surface area contributed by atoms with Gasteiger partial charge in [-0.3, -0.25) is 0 Å². The number of fused-ring (bicyclic) bond motifs is 1. The van der Waals surface area contributed by atoms with Gasteiger partial charge in [-0.05, 0) is 12.1 Å². The molecule has 1 heterocycles. The smallest absolute Gasteiger partial charge is 0.374 e. The van der Waals surface area contributed by atoms with Crippen molar-refractivity contribution in [1.82, 2.24) is 9.97 Å². The summed E-state index contributed by atoms with van der Waals surface area (Å²) >= 11 is 0. The molecule has 90 valence electrons. The van der Waals surface area contributed by atoms with Gasteiger partial charge in [0.05, 0.1) is 11.0 Å². The Balaban J connectivity index is 2.12. The fourth-order valence-electron chi connectivity index (χ4n) is 1.51. The van der Waals surface area contributed by atoms with E-state index >= 15 is 0 Å². The minimum atomic E-state index is -3.71. The van der Waals surface area contributed by atoms with Crippen LogP contribution in [0.1, 0.15) is 12.2 Å². The number of alkyl halides is 2. The van der Waals surface area contributed by atoms with Gasteiger partial charge in [0.25, 0.3) is 0 Å². The Hall–Kier alpha value is -1.98. The molecule has 0 atom stereocenters. The summed E-state index contributed by atoms with van der Waals surface area (Å²) in [7, 11) is 0. The number of nitrogens with zero attached hydrogens (tertiary/aromatic N) is 1. The third kappa shape index (κ3) is 2.41. The summed E-state index contributed by atoms with van der Waals surface area (Å²) in [6, 6.07) is 7.13. The molecule has 0 fully saturated rings. The highest BCUT2D eigenvalue weighted by molar-refractivity contribution is 5.76. The molecule has 1 aromatic heterocycles. The van der Waals surface area contributed by atoms with Gasteiger partial charge < -0.3 is 10.1 Å². The first-order chi connectivity index (χ1) is 7.99. The fourth-order valence-corrected chi connectivity index (χ4v) is 1.51. The summed E-state index contributed by atoms with van der Waals surface area (Å²) in [6.45, 7) is 0. The van der Waals surface area contributed by atoms with Crippen molar-refractivity contribution in [2.75, 3.05) is 0 Å². The standard InChI is InChI=1S/C11H10F2N2O2/c12-11(13,10(16)17)6-5-9-14-7-3-1-2-4-8(7)15-9/h1-4H,5-6H2,(H,14,15)(H,16,17). The lowest BCUT2D eigenvalue weighted by atomic mass is 10.2. The van der Waals surface area contributed by atoms with Gasteiger partial charge in [-0.25, -0.2) is 9.78 Å². The molecule has 0 saturated carbocycles. The van der Waals surface area contributed by atoms with E-state index in [9.17, 15) is 13.6 Å². The van der Waals surface area contributed by atoms with E-state index in [-0.39, 0.29) is 6.42 Å². The van der Waals surface area contributed by atoms with E-state index in [1.165, 1.54) is 0 Å². The zero-order chi connectivity index (χ0) is 12.5. The third-order valence-electron chi connectivity index (χ3n) is 2.43. The maximum atomic E-state index is 12.8. The van der Waals surface area contributed by atoms with Crippen LogP contribution in [0.4, 0.5) is 8.78 Å². The number of aliphatic carboxylic acids is 1. The maximum Gasteiger partial charge on any atom is 0.374 e. The topological polar surface area (TPSA) is 66.0 Å². The van der Waals surface area contributed by atoms with E-state index in [1.54, 1.807) is 24.3 Å². The number of benzene rings is 1. The summed E-state index contributed by atoms with van der Waals surface area (Å²) < 4.78 is 25.7. The minimum Gasteiger partial charge on any atom is -0.477 e. The van der Waals surface area contributed by atoms with E-state index in [2.05, 4.69) is 9.97 Å². The van der Waals surface area contributed by atoms with Gasteiger partial charge in [-0.1, -0.05) is 12.1 Å². The van der Waals surface area contributed by atoms with E-state index in [0.717, 1.165) is 5.52 Å². The minimum absolute atomic E-state index is 0.103. The van der Waals surface area contributed by atoms with Crippen LogP contribution < -0.4 is 0 Å². The van der Waals surface area contributed by atoms with Crippen LogP contribution in [-0.2, 0) is 11.2 Å². The fraction of sp³-hybridized carbons (Fsp3) is 0.273. The highest BCUT2D eigenvalue weighted by Gasteiger charge is 2.38. The molecule has 0 aliphatic rings. The quantitative estimate of drug-likeness (QED) is 0.861. The molecule has 0 bridgehead atoms. The first-order valence-electron chi connectivity index (χ1n) is 5.04. The van der Waals surface area contributed by atoms with Gasteiger partial charge >= 0.3 is 11.9 Å². The molecule has 2 N–H and O–H groups in total. The van der Waals surface area contributed by atoms with Crippen molar-refractivity contribution in [2.45, 2.75) is 18.8 Å². The summed E-state index contributed by atoms with van der Waals surface area (Å²) in [4.78, 5) is 17.2. The Morgan fingerprint density at radius 2 is 2.12 bits per heavy atom. The average molecular weight is 240 g/mol. The molecule has 4 nitrogen and oxygen atoms in total. The molecule has 0 amide bonds. The monoisotopic (exact) mass is 240 g/mol. The van der Waals surface area contributed by atoms with E-state index in [0.29, 0.717) is 11.3 Å². The molecule has 0 aliphatic heterocycles. The molecule has 0 spiro atoms. The number of H-pyrrole nitrogens is 1. The molecule has 0 radical (unpaired) electrons. The van der Waals surface area contributed by atoms with E-state index < -0.39 is 18.3 Å². The third-order valence-corrected chi connectivity index (χ3v) is 2.43. The first kappa shape index (κ1) is 11.5. The summed E-state index contributed by atoms with van der Waals surface area (Å²) in [6.07, 6.45) is -0.865. The number of rotatable bonds is 4. The number of carboxylic acids is 1. The van der Waals surface area contributed by atoms with Crippen molar-refractivity contribution in [3.05, 3.63) is 30.1 Å². The molecule has 0 unspecified atom stereocenters. The number of aromatic amines is 1. The highest BCUT2D eigenvalue weighted by Crippen LogP contribution is 2.21.